The molecule has 0 unspecified atom stereocenters. The maximum Gasteiger partial charge on any atom is 0.123 e. The summed E-state index contributed by atoms with van der Waals surface area (Å²) in [6.45, 7) is 4.63. The van der Waals surface area contributed by atoms with Gasteiger partial charge in [-0.3, -0.25) is 0 Å². The van der Waals surface area contributed by atoms with Crippen LogP contribution in [0.3, 0.4) is 0 Å². The highest BCUT2D eigenvalue weighted by Crippen LogP contribution is 2.19. The second kappa shape index (κ2) is 4.87. The maximum atomic E-state index is 5.74. The summed E-state index contributed by atoms with van der Waals surface area (Å²) >= 11 is 0. The Morgan fingerprint density at radius 1 is 1.18 bits per heavy atom. The van der Waals surface area contributed by atoms with Crippen molar-refractivity contribution in [3.63, 3.8) is 0 Å². The summed E-state index contributed by atoms with van der Waals surface area (Å²) in [7, 11) is 0. The quantitative estimate of drug-likeness (QED) is 0.878. The van der Waals surface area contributed by atoms with Crippen LogP contribution in [-0.4, -0.2) is 4.98 Å². The van der Waals surface area contributed by atoms with E-state index in [2.05, 4.69) is 18.0 Å². The van der Waals surface area contributed by atoms with Crippen LogP contribution in [0, 0.1) is 13.8 Å². The average molecular weight is 228 g/mol. The molecular formula is C14H16N2O. The summed E-state index contributed by atoms with van der Waals surface area (Å²) in [6, 6.07) is 9.85. The van der Waals surface area contributed by atoms with Gasteiger partial charge in [0.1, 0.15) is 18.2 Å². The third-order valence-electron chi connectivity index (χ3n) is 2.57. The molecule has 1 aromatic heterocycles. The topological polar surface area (TPSA) is 48.1 Å². The molecule has 0 spiro atoms. The highest BCUT2D eigenvalue weighted by molar-refractivity contribution is 5.36. The predicted octanol–water partition coefficient (Wildman–Crippen LogP) is 2.86. The summed E-state index contributed by atoms with van der Waals surface area (Å²) in [4.78, 5) is 4.03. The van der Waals surface area contributed by atoms with Crippen LogP contribution < -0.4 is 10.5 Å². The third-order valence-corrected chi connectivity index (χ3v) is 2.57. The molecule has 0 amide bonds. The Bertz CT molecular complexity index is 506. The fourth-order valence-corrected chi connectivity index (χ4v) is 1.64. The zero-order chi connectivity index (χ0) is 12.3. The summed E-state index contributed by atoms with van der Waals surface area (Å²) in [6.07, 6.45) is 1.73. The van der Waals surface area contributed by atoms with Crippen LogP contribution in [0.5, 0.6) is 5.75 Å². The highest BCUT2D eigenvalue weighted by Gasteiger charge is 2.00. The van der Waals surface area contributed by atoms with Crippen molar-refractivity contribution in [3.05, 3.63) is 53.2 Å². The van der Waals surface area contributed by atoms with E-state index in [1.54, 1.807) is 12.3 Å². The molecule has 0 saturated heterocycles. The lowest BCUT2D eigenvalue weighted by atomic mass is 10.1. The molecule has 0 aliphatic heterocycles. The molecule has 1 aromatic carbocycles. The first-order valence-corrected chi connectivity index (χ1v) is 5.55. The van der Waals surface area contributed by atoms with Gasteiger partial charge in [-0.05, 0) is 31.5 Å². The van der Waals surface area contributed by atoms with Gasteiger partial charge in [-0.2, -0.15) is 0 Å². The number of pyridine rings is 1. The highest BCUT2D eigenvalue weighted by atomic mass is 16.5. The van der Waals surface area contributed by atoms with Crippen LogP contribution >= 0.6 is 0 Å². The standard InChI is InChI=1S/C14H16N2O/c1-10-3-5-13(11(2)7-10)17-9-12-4-6-14(15)16-8-12/h3-8H,9H2,1-2H3,(H2,15,16). The van der Waals surface area contributed by atoms with Crippen molar-refractivity contribution in [2.75, 3.05) is 5.73 Å². The van der Waals surface area contributed by atoms with Gasteiger partial charge in [0, 0.05) is 11.8 Å². The van der Waals surface area contributed by atoms with E-state index in [1.807, 2.05) is 25.1 Å². The molecule has 0 radical (unpaired) electrons. The van der Waals surface area contributed by atoms with Gasteiger partial charge in [0.2, 0.25) is 0 Å². The van der Waals surface area contributed by atoms with Gasteiger partial charge >= 0.3 is 0 Å². The molecular weight excluding hydrogens is 212 g/mol. The van der Waals surface area contributed by atoms with Crippen molar-refractivity contribution in [1.29, 1.82) is 0 Å². The Balaban J connectivity index is 2.04. The molecule has 0 atom stereocenters. The Morgan fingerprint density at radius 2 is 2.00 bits per heavy atom. The molecule has 3 heteroatoms. The molecule has 2 rings (SSSR count). The lowest BCUT2D eigenvalue weighted by Gasteiger charge is -2.09. The van der Waals surface area contributed by atoms with E-state index >= 15 is 0 Å². The number of hydrogen-bond donors (Lipinski definition) is 1. The van der Waals surface area contributed by atoms with Crippen LogP contribution in [0.1, 0.15) is 16.7 Å². The molecule has 0 bridgehead atoms. The lowest BCUT2D eigenvalue weighted by molar-refractivity contribution is 0.303. The molecule has 0 aliphatic rings. The minimum atomic E-state index is 0.511. The zero-order valence-corrected chi connectivity index (χ0v) is 10.1. The Kier molecular flexibility index (Phi) is 3.28. The first-order valence-electron chi connectivity index (χ1n) is 5.55. The van der Waals surface area contributed by atoms with E-state index in [0.29, 0.717) is 12.4 Å². The minimum absolute atomic E-state index is 0.511. The molecule has 17 heavy (non-hydrogen) atoms. The van der Waals surface area contributed by atoms with Crippen molar-refractivity contribution >= 4 is 5.82 Å². The van der Waals surface area contributed by atoms with Crippen molar-refractivity contribution in [2.24, 2.45) is 0 Å². The van der Waals surface area contributed by atoms with Crippen molar-refractivity contribution in [2.45, 2.75) is 20.5 Å². The van der Waals surface area contributed by atoms with E-state index in [0.717, 1.165) is 16.9 Å². The number of aryl methyl sites for hydroxylation is 2. The molecule has 0 aliphatic carbocycles. The number of nitrogens with zero attached hydrogens (tertiary/aromatic N) is 1. The molecule has 3 nitrogen and oxygen atoms in total. The number of benzene rings is 1. The summed E-state index contributed by atoms with van der Waals surface area (Å²) in [5, 5.41) is 0. The van der Waals surface area contributed by atoms with Crippen LogP contribution in [0.4, 0.5) is 5.82 Å². The van der Waals surface area contributed by atoms with Gasteiger partial charge < -0.3 is 10.5 Å². The SMILES string of the molecule is Cc1ccc(OCc2ccc(N)nc2)c(C)c1. The molecule has 1 heterocycles. The normalized spacial score (nSPS) is 10.2. The van der Waals surface area contributed by atoms with Crippen molar-refractivity contribution < 1.29 is 4.74 Å². The monoisotopic (exact) mass is 228 g/mol. The summed E-state index contributed by atoms with van der Waals surface area (Å²) in [5.74, 6) is 1.44. The molecule has 88 valence electrons. The number of nitrogens with two attached hydrogens (primary N) is 1. The molecule has 0 fully saturated rings. The van der Waals surface area contributed by atoms with E-state index in [4.69, 9.17) is 10.5 Å². The first kappa shape index (κ1) is 11.5. The Hall–Kier alpha value is -2.03. The van der Waals surface area contributed by atoms with Gasteiger partial charge in [0.15, 0.2) is 0 Å². The summed E-state index contributed by atoms with van der Waals surface area (Å²) < 4.78 is 5.74. The number of hydrogen-bond acceptors (Lipinski definition) is 3. The molecule has 0 saturated carbocycles. The first-order chi connectivity index (χ1) is 8.15. The van der Waals surface area contributed by atoms with Gasteiger partial charge in [0.05, 0.1) is 0 Å². The number of ether oxygens (including phenoxy) is 1. The van der Waals surface area contributed by atoms with E-state index in [9.17, 15) is 0 Å². The van der Waals surface area contributed by atoms with Crippen LogP contribution in [0.15, 0.2) is 36.5 Å². The van der Waals surface area contributed by atoms with Crippen LogP contribution in [0.2, 0.25) is 0 Å². The maximum absolute atomic E-state index is 5.74. The fourth-order valence-electron chi connectivity index (χ4n) is 1.64. The van der Waals surface area contributed by atoms with Gasteiger partial charge in [-0.1, -0.05) is 23.8 Å². The third kappa shape index (κ3) is 2.97. The average Bonchev–Trinajstić information content (AvgIpc) is 2.30. The van der Waals surface area contributed by atoms with Gasteiger partial charge in [-0.25, -0.2) is 4.98 Å². The minimum Gasteiger partial charge on any atom is -0.489 e. The van der Waals surface area contributed by atoms with Crippen molar-refractivity contribution in [3.8, 4) is 5.75 Å². The van der Waals surface area contributed by atoms with Gasteiger partial charge in [0.25, 0.3) is 0 Å². The smallest absolute Gasteiger partial charge is 0.123 e. The second-order valence-corrected chi connectivity index (χ2v) is 4.15. The lowest BCUT2D eigenvalue weighted by Crippen LogP contribution is -1.99. The van der Waals surface area contributed by atoms with Gasteiger partial charge in [-0.15, -0.1) is 0 Å². The van der Waals surface area contributed by atoms with E-state index in [-0.39, 0.29) is 0 Å². The second-order valence-electron chi connectivity index (χ2n) is 4.15. The number of nitrogen functional groups attached to an aromatic ring is 1. The Morgan fingerprint density at radius 3 is 2.65 bits per heavy atom. The Labute approximate surface area is 101 Å². The predicted molar refractivity (Wildman–Crippen MR) is 68.9 cm³/mol. The zero-order valence-electron chi connectivity index (χ0n) is 10.1. The fraction of sp³-hybridized carbons (Fsp3) is 0.214. The van der Waals surface area contributed by atoms with Crippen LogP contribution in [0.25, 0.3) is 0 Å². The van der Waals surface area contributed by atoms with Crippen LogP contribution in [-0.2, 0) is 6.61 Å². The van der Waals surface area contributed by atoms with E-state index in [1.165, 1.54) is 5.56 Å². The van der Waals surface area contributed by atoms with Crippen molar-refractivity contribution in [1.82, 2.24) is 4.98 Å². The summed E-state index contributed by atoms with van der Waals surface area (Å²) in [5.41, 5.74) is 8.92. The largest absolute Gasteiger partial charge is 0.489 e. The molecule has 2 N–H and O–H groups in total. The number of anilines is 1. The van der Waals surface area contributed by atoms with E-state index < -0.39 is 0 Å². The number of aromatic nitrogens is 1. The number of rotatable bonds is 3. The molecule has 2 aromatic rings.